The van der Waals surface area contributed by atoms with Gasteiger partial charge in [0.15, 0.2) is 0 Å². The van der Waals surface area contributed by atoms with E-state index in [4.69, 9.17) is 5.11 Å². The van der Waals surface area contributed by atoms with Gasteiger partial charge in [-0.05, 0) is 18.3 Å². The summed E-state index contributed by atoms with van der Waals surface area (Å²) in [5.41, 5.74) is 0.124. The molecule has 0 amide bonds. The Hall–Kier alpha value is 0.400. The predicted octanol–water partition coefficient (Wildman–Crippen LogP) is 2.18. The van der Waals surface area contributed by atoms with E-state index in [-0.39, 0.29) is 24.0 Å². The van der Waals surface area contributed by atoms with Crippen LogP contribution in [0.3, 0.4) is 0 Å². The van der Waals surface area contributed by atoms with Crippen molar-refractivity contribution in [2.75, 3.05) is 11.9 Å². The van der Waals surface area contributed by atoms with Crippen LogP contribution in [0.15, 0.2) is 0 Å². The molecule has 0 spiro atoms. The van der Waals surface area contributed by atoms with Gasteiger partial charge in [0.1, 0.15) is 0 Å². The lowest BCUT2D eigenvalue weighted by molar-refractivity contribution is 0.0360. The summed E-state index contributed by atoms with van der Waals surface area (Å²) in [7, 11) is 0. The summed E-state index contributed by atoms with van der Waals surface area (Å²) in [5.74, 6) is 0.0126. The standard InChI is InChI=1S/C10H21BrO2/c1-10(2,3)6-9(13)8(7-12)4-5-11/h8-9,12-13H,4-7H2,1-3H3. The van der Waals surface area contributed by atoms with Crippen molar-refractivity contribution >= 4 is 15.9 Å². The molecule has 0 aliphatic heterocycles. The summed E-state index contributed by atoms with van der Waals surface area (Å²) in [6, 6.07) is 0. The maximum absolute atomic E-state index is 9.79. The minimum absolute atomic E-state index is 0.0126. The van der Waals surface area contributed by atoms with Crippen molar-refractivity contribution in [3.8, 4) is 0 Å². The molecule has 0 bridgehead atoms. The molecule has 0 aromatic carbocycles. The van der Waals surface area contributed by atoms with Crippen LogP contribution in [0, 0.1) is 11.3 Å². The third kappa shape index (κ3) is 6.47. The van der Waals surface area contributed by atoms with E-state index in [9.17, 15) is 5.11 Å². The molecule has 2 unspecified atom stereocenters. The third-order valence-electron chi connectivity index (χ3n) is 2.08. The van der Waals surface area contributed by atoms with Crippen LogP contribution < -0.4 is 0 Å². The van der Waals surface area contributed by atoms with Crippen molar-refractivity contribution in [2.45, 2.75) is 39.7 Å². The molecule has 3 heteroatoms. The van der Waals surface area contributed by atoms with Gasteiger partial charge in [-0.15, -0.1) is 0 Å². The number of hydrogen-bond acceptors (Lipinski definition) is 2. The van der Waals surface area contributed by atoms with E-state index in [1.54, 1.807) is 0 Å². The first-order valence-electron chi connectivity index (χ1n) is 4.75. The lowest BCUT2D eigenvalue weighted by atomic mass is 9.84. The van der Waals surface area contributed by atoms with Gasteiger partial charge in [0.25, 0.3) is 0 Å². The number of hydrogen-bond donors (Lipinski definition) is 2. The molecule has 2 N–H and O–H groups in total. The lowest BCUT2D eigenvalue weighted by Crippen LogP contribution is -2.28. The summed E-state index contributed by atoms with van der Waals surface area (Å²) >= 11 is 3.32. The Morgan fingerprint density at radius 2 is 1.85 bits per heavy atom. The van der Waals surface area contributed by atoms with Crippen molar-refractivity contribution in [3.05, 3.63) is 0 Å². The molecule has 0 aliphatic rings. The van der Waals surface area contributed by atoms with Gasteiger partial charge in [-0.1, -0.05) is 36.7 Å². The molecular weight excluding hydrogens is 232 g/mol. The summed E-state index contributed by atoms with van der Waals surface area (Å²) in [6.45, 7) is 6.36. The topological polar surface area (TPSA) is 40.5 Å². The zero-order valence-corrected chi connectivity index (χ0v) is 10.3. The van der Waals surface area contributed by atoms with Crippen LogP contribution in [0.1, 0.15) is 33.6 Å². The largest absolute Gasteiger partial charge is 0.396 e. The minimum Gasteiger partial charge on any atom is -0.396 e. The van der Waals surface area contributed by atoms with E-state index < -0.39 is 0 Å². The Morgan fingerprint density at radius 1 is 1.31 bits per heavy atom. The molecule has 0 fully saturated rings. The van der Waals surface area contributed by atoms with E-state index in [0.29, 0.717) is 0 Å². The highest BCUT2D eigenvalue weighted by Crippen LogP contribution is 2.25. The van der Waals surface area contributed by atoms with Gasteiger partial charge < -0.3 is 10.2 Å². The van der Waals surface area contributed by atoms with Crippen molar-refractivity contribution in [1.82, 2.24) is 0 Å². The highest BCUT2D eigenvalue weighted by molar-refractivity contribution is 9.09. The Bertz CT molecular complexity index is 131. The number of halogens is 1. The second-order valence-corrected chi connectivity index (χ2v) is 5.55. The van der Waals surface area contributed by atoms with Gasteiger partial charge in [-0.3, -0.25) is 0 Å². The first-order valence-corrected chi connectivity index (χ1v) is 5.87. The molecule has 0 saturated heterocycles. The molecule has 13 heavy (non-hydrogen) atoms. The smallest absolute Gasteiger partial charge is 0.0595 e. The highest BCUT2D eigenvalue weighted by atomic mass is 79.9. The fourth-order valence-electron chi connectivity index (χ4n) is 1.34. The summed E-state index contributed by atoms with van der Waals surface area (Å²) in [6.07, 6.45) is 1.18. The molecule has 0 aromatic rings. The van der Waals surface area contributed by atoms with Crippen LogP contribution >= 0.6 is 15.9 Å². The van der Waals surface area contributed by atoms with Crippen molar-refractivity contribution in [3.63, 3.8) is 0 Å². The van der Waals surface area contributed by atoms with Crippen LogP contribution in [0.5, 0.6) is 0 Å². The maximum atomic E-state index is 9.79. The average molecular weight is 253 g/mol. The number of aliphatic hydroxyl groups excluding tert-OH is 2. The van der Waals surface area contributed by atoms with E-state index in [2.05, 4.69) is 36.7 Å². The Kier molecular flexibility index (Phi) is 6.18. The normalized spacial score (nSPS) is 17.1. The van der Waals surface area contributed by atoms with Crippen LogP contribution in [0.2, 0.25) is 0 Å². The van der Waals surface area contributed by atoms with Gasteiger partial charge in [-0.2, -0.15) is 0 Å². The summed E-state index contributed by atoms with van der Waals surface area (Å²) < 4.78 is 0. The number of aliphatic hydroxyl groups is 2. The fraction of sp³-hybridized carbons (Fsp3) is 1.00. The molecule has 2 atom stereocenters. The number of rotatable bonds is 5. The van der Waals surface area contributed by atoms with Gasteiger partial charge in [0.05, 0.1) is 6.10 Å². The van der Waals surface area contributed by atoms with Crippen molar-refractivity contribution in [2.24, 2.45) is 11.3 Å². The molecular formula is C10H21BrO2. The molecule has 2 nitrogen and oxygen atoms in total. The second-order valence-electron chi connectivity index (χ2n) is 4.75. The van der Waals surface area contributed by atoms with E-state index >= 15 is 0 Å². The Morgan fingerprint density at radius 3 is 2.15 bits per heavy atom. The molecule has 0 heterocycles. The first-order chi connectivity index (χ1) is 5.90. The van der Waals surface area contributed by atoms with E-state index in [0.717, 1.165) is 18.2 Å². The molecule has 0 aromatic heterocycles. The maximum Gasteiger partial charge on any atom is 0.0595 e. The van der Waals surface area contributed by atoms with Gasteiger partial charge >= 0.3 is 0 Å². The van der Waals surface area contributed by atoms with Crippen LogP contribution in [0.4, 0.5) is 0 Å². The molecule has 0 aliphatic carbocycles. The van der Waals surface area contributed by atoms with E-state index in [1.165, 1.54) is 0 Å². The monoisotopic (exact) mass is 252 g/mol. The zero-order valence-electron chi connectivity index (χ0n) is 8.76. The van der Waals surface area contributed by atoms with Gasteiger partial charge in [0, 0.05) is 17.9 Å². The van der Waals surface area contributed by atoms with Crippen LogP contribution in [-0.2, 0) is 0 Å². The molecule has 0 rings (SSSR count). The fourth-order valence-corrected chi connectivity index (χ4v) is 1.93. The average Bonchev–Trinajstić information content (AvgIpc) is 1.96. The lowest BCUT2D eigenvalue weighted by Gasteiger charge is -2.27. The Balaban J connectivity index is 3.97. The minimum atomic E-state index is -0.387. The SMILES string of the molecule is CC(C)(C)CC(O)C(CO)CCBr. The zero-order chi connectivity index (χ0) is 10.5. The van der Waals surface area contributed by atoms with Crippen LogP contribution in [-0.4, -0.2) is 28.3 Å². The van der Waals surface area contributed by atoms with E-state index in [1.807, 2.05) is 0 Å². The van der Waals surface area contributed by atoms with Crippen LogP contribution in [0.25, 0.3) is 0 Å². The quantitative estimate of drug-likeness (QED) is 0.737. The summed E-state index contributed by atoms with van der Waals surface area (Å²) in [4.78, 5) is 0. The first kappa shape index (κ1) is 13.4. The molecule has 0 saturated carbocycles. The number of alkyl halides is 1. The molecule has 80 valence electrons. The van der Waals surface area contributed by atoms with Crippen molar-refractivity contribution < 1.29 is 10.2 Å². The predicted molar refractivity (Wildman–Crippen MR) is 59.1 cm³/mol. The molecule has 0 radical (unpaired) electrons. The van der Waals surface area contributed by atoms with Gasteiger partial charge in [0.2, 0.25) is 0 Å². The van der Waals surface area contributed by atoms with Crippen molar-refractivity contribution in [1.29, 1.82) is 0 Å². The summed E-state index contributed by atoms with van der Waals surface area (Å²) in [5, 5.41) is 19.7. The third-order valence-corrected chi connectivity index (χ3v) is 2.54. The highest BCUT2D eigenvalue weighted by Gasteiger charge is 2.23. The van der Waals surface area contributed by atoms with Gasteiger partial charge in [-0.25, -0.2) is 0 Å². The Labute approximate surface area is 89.5 Å². The second kappa shape index (κ2) is 5.99.